The highest BCUT2D eigenvalue weighted by molar-refractivity contribution is 9.10. The van der Waals surface area contributed by atoms with Crippen LogP contribution in [0.5, 0.6) is 0 Å². The van der Waals surface area contributed by atoms with Gasteiger partial charge in [-0.1, -0.05) is 0 Å². The van der Waals surface area contributed by atoms with Crippen molar-refractivity contribution in [2.45, 2.75) is 11.8 Å². The minimum absolute atomic E-state index is 0.000801. The standard InChI is InChI=1S/C13H14BrN3O3S/c1-8-11(7-17(2)12(8)14)13(18)16-9-3-5-10(6-4-9)21(15,19)20/h3-7H,1-2H3,(H,16,18)(H2,15,19,20). The summed E-state index contributed by atoms with van der Waals surface area (Å²) in [5.74, 6) is -0.267. The molecule has 3 N–H and O–H groups in total. The Hall–Kier alpha value is -1.64. The lowest BCUT2D eigenvalue weighted by Gasteiger charge is -2.05. The third-order valence-electron chi connectivity index (χ3n) is 3.03. The number of nitrogens with one attached hydrogen (secondary N) is 1. The number of aromatic nitrogens is 1. The lowest BCUT2D eigenvalue weighted by atomic mass is 10.2. The summed E-state index contributed by atoms with van der Waals surface area (Å²) in [4.78, 5) is 12.2. The Morgan fingerprint density at radius 1 is 1.29 bits per heavy atom. The molecule has 2 rings (SSSR count). The number of halogens is 1. The van der Waals surface area contributed by atoms with Crippen LogP contribution in [-0.4, -0.2) is 18.9 Å². The van der Waals surface area contributed by atoms with Crippen molar-refractivity contribution >= 4 is 37.5 Å². The van der Waals surface area contributed by atoms with Crippen LogP contribution in [0.1, 0.15) is 15.9 Å². The Balaban J connectivity index is 2.22. The van der Waals surface area contributed by atoms with Crippen LogP contribution in [0.3, 0.4) is 0 Å². The molecule has 0 unspecified atom stereocenters. The maximum absolute atomic E-state index is 12.2. The quantitative estimate of drug-likeness (QED) is 0.863. The molecule has 0 spiro atoms. The van der Waals surface area contributed by atoms with Gasteiger partial charge in [0.2, 0.25) is 10.0 Å². The number of nitrogens with zero attached hydrogens (tertiary/aromatic N) is 1. The van der Waals surface area contributed by atoms with Crippen LogP contribution in [-0.2, 0) is 17.1 Å². The molecule has 0 aliphatic rings. The summed E-state index contributed by atoms with van der Waals surface area (Å²) in [5, 5.41) is 7.72. The van der Waals surface area contributed by atoms with Crippen molar-refractivity contribution < 1.29 is 13.2 Å². The number of hydrogen-bond donors (Lipinski definition) is 2. The molecule has 0 bridgehead atoms. The van der Waals surface area contributed by atoms with E-state index in [9.17, 15) is 13.2 Å². The van der Waals surface area contributed by atoms with Crippen molar-refractivity contribution in [1.29, 1.82) is 0 Å². The Labute approximate surface area is 131 Å². The number of rotatable bonds is 3. The van der Waals surface area contributed by atoms with Crippen LogP contribution in [0.15, 0.2) is 40.0 Å². The van der Waals surface area contributed by atoms with E-state index in [1.165, 1.54) is 24.3 Å². The fraction of sp³-hybridized carbons (Fsp3) is 0.154. The molecule has 1 aromatic carbocycles. The van der Waals surface area contributed by atoms with Crippen LogP contribution in [0, 0.1) is 6.92 Å². The summed E-state index contributed by atoms with van der Waals surface area (Å²) in [6.45, 7) is 1.84. The van der Waals surface area contributed by atoms with Crippen LogP contribution in [0.4, 0.5) is 5.69 Å². The van der Waals surface area contributed by atoms with Gasteiger partial charge in [-0.25, -0.2) is 13.6 Å². The first-order valence-electron chi connectivity index (χ1n) is 5.96. The highest BCUT2D eigenvalue weighted by Crippen LogP contribution is 2.22. The van der Waals surface area contributed by atoms with E-state index in [1.54, 1.807) is 10.8 Å². The highest BCUT2D eigenvalue weighted by atomic mass is 79.9. The summed E-state index contributed by atoms with van der Waals surface area (Å²) in [5.41, 5.74) is 1.86. The molecule has 6 nitrogen and oxygen atoms in total. The number of amides is 1. The van der Waals surface area contributed by atoms with Gasteiger partial charge in [-0.2, -0.15) is 0 Å². The first-order valence-corrected chi connectivity index (χ1v) is 8.29. The number of carbonyl (C=O) groups excluding carboxylic acids is 1. The summed E-state index contributed by atoms with van der Waals surface area (Å²) in [7, 11) is -1.90. The van der Waals surface area contributed by atoms with Gasteiger partial charge in [0.1, 0.15) is 0 Å². The molecule has 0 saturated heterocycles. The number of anilines is 1. The molecule has 1 heterocycles. The maximum atomic E-state index is 12.2. The Kier molecular flexibility index (Phi) is 4.22. The average Bonchev–Trinajstić information content (AvgIpc) is 2.66. The van der Waals surface area contributed by atoms with Crippen LogP contribution >= 0.6 is 15.9 Å². The van der Waals surface area contributed by atoms with E-state index < -0.39 is 10.0 Å². The molecule has 0 radical (unpaired) electrons. The van der Waals surface area contributed by atoms with Crippen LogP contribution < -0.4 is 10.5 Å². The molecule has 8 heteroatoms. The largest absolute Gasteiger partial charge is 0.344 e. The molecular weight excluding hydrogens is 358 g/mol. The van der Waals surface area contributed by atoms with Gasteiger partial charge < -0.3 is 9.88 Å². The van der Waals surface area contributed by atoms with Crippen molar-refractivity contribution in [2.24, 2.45) is 12.2 Å². The van der Waals surface area contributed by atoms with Gasteiger partial charge in [0, 0.05) is 18.9 Å². The van der Waals surface area contributed by atoms with Gasteiger partial charge in [0.25, 0.3) is 5.91 Å². The van der Waals surface area contributed by atoms with E-state index in [4.69, 9.17) is 5.14 Å². The Morgan fingerprint density at radius 3 is 2.29 bits per heavy atom. The third kappa shape index (κ3) is 3.34. The molecule has 0 atom stereocenters. The number of benzene rings is 1. The predicted octanol–water partition coefficient (Wildman–Crippen LogP) is 2.00. The molecule has 0 aliphatic heterocycles. The summed E-state index contributed by atoms with van der Waals surface area (Å²) in [6, 6.07) is 5.67. The Morgan fingerprint density at radius 2 is 1.86 bits per heavy atom. The van der Waals surface area contributed by atoms with Gasteiger partial charge in [-0.05, 0) is 52.7 Å². The van der Waals surface area contributed by atoms with E-state index in [0.717, 1.165) is 10.2 Å². The number of nitrogens with two attached hydrogens (primary N) is 1. The van der Waals surface area contributed by atoms with E-state index in [0.29, 0.717) is 11.3 Å². The van der Waals surface area contributed by atoms with E-state index in [2.05, 4.69) is 21.2 Å². The predicted molar refractivity (Wildman–Crippen MR) is 83.6 cm³/mol. The fourth-order valence-corrected chi connectivity index (χ4v) is 2.71. The van der Waals surface area contributed by atoms with Gasteiger partial charge in [-0.15, -0.1) is 0 Å². The summed E-state index contributed by atoms with van der Waals surface area (Å²) in [6.07, 6.45) is 1.72. The second-order valence-corrected chi connectivity index (χ2v) is 6.91. The molecule has 0 saturated carbocycles. The zero-order valence-electron chi connectivity index (χ0n) is 11.4. The van der Waals surface area contributed by atoms with Gasteiger partial charge in [0.05, 0.1) is 15.1 Å². The van der Waals surface area contributed by atoms with E-state index in [-0.39, 0.29) is 10.8 Å². The second kappa shape index (κ2) is 5.63. The normalized spacial score (nSPS) is 11.4. The number of hydrogen-bond acceptors (Lipinski definition) is 3. The molecule has 1 aromatic heterocycles. The molecule has 0 aliphatic carbocycles. The van der Waals surface area contributed by atoms with Crippen molar-refractivity contribution in [3.63, 3.8) is 0 Å². The van der Waals surface area contributed by atoms with Gasteiger partial charge in [-0.3, -0.25) is 4.79 Å². The Bertz CT molecular complexity index is 795. The van der Waals surface area contributed by atoms with Crippen molar-refractivity contribution in [3.8, 4) is 0 Å². The van der Waals surface area contributed by atoms with E-state index in [1.807, 2.05) is 14.0 Å². The topological polar surface area (TPSA) is 94.2 Å². The maximum Gasteiger partial charge on any atom is 0.257 e. The molecular formula is C13H14BrN3O3S. The second-order valence-electron chi connectivity index (χ2n) is 4.59. The molecule has 2 aromatic rings. The first-order chi connectivity index (χ1) is 9.70. The minimum Gasteiger partial charge on any atom is -0.344 e. The average molecular weight is 372 g/mol. The third-order valence-corrected chi connectivity index (χ3v) is 5.11. The zero-order chi connectivity index (χ0) is 15.8. The van der Waals surface area contributed by atoms with Crippen molar-refractivity contribution in [3.05, 3.63) is 46.2 Å². The van der Waals surface area contributed by atoms with Crippen LogP contribution in [0.25, 0.3) is 0 Å². The van der Waals surface area contributed by atoms with Crippen LogP contribution in [0.2, 0.25) is 0 Å². The highest BCUT2D eigenvalue weighted by Gasteiger charge is 2.15. The fourth-order valence-electron chi connectivity index (χ4n) is 1.88. The number of aryl methyl sites for hydroxylation is 1. The monoisotopic (exact) mass is 371 g/mol. The molecule has 1 amide bonds. The van der Waals surface area contributed by atoms with Gasteiger partial charge in [0.15, 0.2) is 0 Å². The lowest BCUT2D eigenvalue weighted by molar-refractivity contribution is 0.102. The number of sulfonamides is 1. The summed E-state index contributed by atoms with van der Waals surface area (Å²) >= 11 is 3.39. The molecule has 21 heavy (non-hydrogen) atoms. The zero-order valence-corrected chi connectivity index (χ0v) is 13.8. The summed E-state index contributed by atoms with van der Waals surface area (Å²) < 4.78 is 24.9. The van der Waals surface area contributed by atoms with Crippen molar-refractivity contribution in [2.75, 3.05) is 5.32 Å². The first kappa shape index (κ1) is 15.7. The number of carbonyl (C=O) groups is 1. The molecule has 112 valence electrons. The smallest absolute Gasteiger partial charge is 0.257 e. The van der Waals surface area contributed by atoms with Crippen molar-refractivity contribution in [1.82, 2.24) is 4.57 Å². The van der Waals surface area contributed by atoms with E-state index >= 15 is 0 Å². The number of primary sulfonamides is 1. The minimum atomic E-state index is -3.73. The molecule has 0 fully saturated rings. The van der Waals surface area contributed by atoms with Gasteiger partial charge >= 0.3 is 0 Å². The SMILES string of the molecule is Cc1c(C(=O)Nc2ccc(S(N)(=O)=O)cc2)cn(C)c1Br. The lowest BCUT2D eigenvalue weighted by Crippen LogP contribution is -2.14.